The van der Waals surface area contributed by atoms with Crippen LogP contribution in [0.2, 0.25) is 0 Å². The van der Waals surface area contributed by atoms with Crippen molar-refractivity contribution in [1.29, 1.82) is 0 Å². The zero-order valence-corrected chi connectivity index (χ0v) is 10.9. The van der Waals surface area contributed by atoms with Crippen LogP contribution in [0.15, 0.2) is 24.3 Å². The third-order valence-electron chi connectivity index (χ3n) is 3.64. The van der Waals surface area contributed by atoms with E-state index in [9.17, 15) is 0 Å². The van der Waals surface area contributed by atoms with Gasteiger partial charge in [-0.2, -0.15) is 11.8 Å². The van der Waals surface area contributed by atoms with E-state index in [1.54, 1.807) is 0 Å². The summed E-state index contributed by atoms with van der Waals surface area (Å²) in [6.45, 7) is 2.24. The van der Waals surface area contributed by atoms with Crippen molar-refractivity contribution in [2.24, 2.45) is 0 Å². The predicted molar refractivity (Wildman–Crippen MR) is 74.0 cm³/mol. The lowest BCUT2D eigenvalue weighted by molar-refractivity contribution is 0.502. The summed E-state index contributed by atoms with van der Waals surface area (Å²) in [5, 5.41) is 0. The van der Waals surface area contributed by atoms with E-state index in [2.05, 4.69) is 36.9 Å². The number of benzene rings is 1. The smallest absolute Gasteiger partial charge is 0.0316 e. The Morgan fingerprint density at radius 3 is 2.69 bits per heavy atom. The average molecular weight is 235 g/mol. The molecule has 16 heavy (non-hydrogen) atoms. The molecule has 0 heterocycles. The minimum atomic E-state index is 0.413. The van der Waals surface area contributed by atoms with Gasteiger partial charge in [-0.1, -0.05) is 31.9 Å². The number of rotatable bonds is 4. The summed E-state index contributed by atoms with van der Waals surface area (Å²) >= 11 is 2.06. The fourth-order valence-corrected chi connectivity index (χ4v) is 3.78. The highest BCUT2D eigenvalue weighted by molar-refractivity contribution is 7.99. The monoisotopic (exact) mass is 235 g/mol. The summed E-state index contributed by atoms with van der Waals surface area (Å²) in [4.78, 5) is 0. The van der Waals surface area contributed by atoms with Gasteiger partial charge < -0.3 is 5.73 Å². The van der Waals surface area contributed by atoms with Crippen molar-refractivity contribution >= 4 is 17.4 Å². The largest absolute Gasteiger partial charge is 0.399 e. The number of anilines is 1. The molecule has 0 radical (unpaired) electrons. The summed E-state index contributed by atoms with van der Waals surface area (Å²) in [6, 6.07) is 8.53. The molecule has 88 valence electrons. The lowest BCUT2D eigenvalue weighted by Crippen LogP contribution is -2.25. The van der Waals surface area contributed by atoms with Gasteiger partial charge >= 0.3 is 0 Å². The zero-order chi connectivity index (χ0) is 11.4. The molecule has 1 aromatic rings. The van der Waals surface area contributed by atoms with Crippen molar-refractivity contribution in [2.75, 3.05) is 17.2 Å². The second-order valence-electron chi connectivity index (χ2n) is 4.75. The van der Waals surface area contributed by atoms with E-state index in [1.807, 2.05) is 6.07 Å². The summed E-state index contributed by atoms with van der Waals surface area (Å²) in [5.74, 6) is 2.47. The SMILES string of the molecule is CCSCC1(c2cccc(N)c2)CCCC1. The van der Waals surface area contributed by atoms with E-state index in [0.717, 1.165) is 5.69 Å². The molecule has 0 saturated heterocycles. The van der Waals surface area contributed by atoms with Crippen molar-refractivity contribution in [2.45, 2.75) is 38.0 Å². The van der Waals surface area contributed by atoms with E-state index in [0.29, 0.717) is 5.41 Å². The van der Waals surface area contributed by atoms with Crippen LogP contribution in [-0.2, 0) is 5.41 Å². The van der Waals surface area contributed by atoms with Gasteiger partial charge in [0.2, 0.25) is 0 Å². The van der Waals surface area contributed by atoms with Crippen molar-refractivity contribution in [1.82, 2.24) is 0 Å². The molecule has 1 fully saturated rings. The van der Waals surface area contributed by atoms with Crippen LogP contribution in [0.25, 0.3) is 0 Å². The minimum absolute atomic E-state index is 0.413. The molecule has 1 aromatic carbocycles. The van der Waals surface area contributed by atoms with Gasteiger partial charge in [-0.25, -0.2) is 0 Å². The Labute approximate surface area is 103 Å². The predicted octanol–water partition coefficient (Wildman–Crippen LogP) is 3.83. The van der Waals surface area contributed by atoms with Gasteiger partial charge in [-0.3, -0.25) is 0 Å². The zero-order valence-electron chi connectivity index (χ0n) is 10.0. The normalized spacial score (nSPS) is 18.8. The highest BCUT2D eigenvalue weighted by Crippen LogP contribution is 2.43. The summed E-state index contributed by atoms with van der Waals surface area (Å²) < 4.78 is 0. The van der Waals surface area contributed by atoms with Gasteiger partial charge in [0.15, 0.2) is 0 Å². The van der Waals surface area contributed by atoms with Crippen LogP contribution in [0.4, 0.5) is 5.69 Å². The summed E-state index contributed by atoms with van der Waals surface area (Å²) in [7, 11) is 0. The Balaban J connectivity index is 2.24. The fraction of sp³-hybridized carbons (Fsp3) is 0.571. The molecule has 0 aliphatic heterocycles. The maximum Gasteiger partial charge on any atom is 0.0316 e. The third-order valence-corrected chi connectivity index (χ3v) is 4.81. The van der Waals surface area contributed by atoms with Gasteiger partial charge in [-0.15, -0.1) is 0 Å². The summed E-state index contributed by atoms with van der Waals surface area (Å²) in [5.41, 5.74) is 8.69. The van der Waals surface area contributed by atoms with Crippen LogP contribution >= 0.6 is 11.8 Å². The van der Waals surface area contributed by atoms with Gasteiger partial charge in [0.1, 0.15) is 0 Å². The molecule has 0 spiro atoms. The van der Waals surface area contributed by atoms with Crippen LogP contribution in [0.3, 0.4) is 0 Å². The molecule has 1 nitrogen and oxygen atoms in total. The molecule has 0 bridgehead atoms. The van der Waals surface area contributed by atoms with Gasteiger partial charge in [0, 0.05) is 16.9 Å². The van der Waals surface area contributed by atoms with Crippen LogP contribution < -0.4 is 5.73 Å². The van der Waals surface area contributed by atoms with Crippen molar-refractivity contribution in [3.8, 4) is 0 Å². The van der Waals surface area contributed by atoms with Gasteiger partial charge in [0.05, 0.1) is 0 Å². The second-order valence-corrected chi connectivity index (χ2v) is 6.02. The van der Waals surface area contributed by atoms with Crippen LogP contribution in [0.5, 0.6) is 0 Å². The molecule has 0 aromatic heterocycles. The van der Waals surface area contributed by atoms with Gasteiger partial charge in [0.25, 0.3) is 0 Å². The molecule has 0 amide bonds. The molecule has 0 atom stereocenters. The second kappa shape index (κ2) is 5.13. The molecule has 1 aliphatic carbocycles. The number of thioether (sulfide) groups is 1. The maximum absolute atomic E-state index is 5.91. The topological polar surface area (TPSA) is 26.0 Å². The first kappa shape index (κ1) is 11.8. The van der Waals surface area contributed by atoms with Gasteiger partial charge in [-0.05, 0) is 36.3 Å². The number of nitrogen functional groups attached to an aromatic ring is 1. The van der Waals surface area contributed by atoms with Crippen molar-refractivity contribution in [3.63, 3.8) is 0 Å². The van der Waals surface area contributed by atoms with Crippen molar-refractivity contribution < 1.29 is 0 Å². The van der Waals surface area contributed by atoms with Crippen LogP contribution in [-0.4, -0.2) is 11.5 Å². The van der Waals surface area contributed by atoms with Crippen LogP contribution in [0, 0.1) is 0 Å². The minimum Gasteiger partial charge on any atom is -0.399 e. The van der Waals surface area contributed by atoms with E-state index in [4.69, 9.17) is 5.73 Å². The first-order valence-corrected chi connectivity index (χ1v) is 7.36. The molecule has 1 saturated carbocycles. The van der Waals surface area contributed by atoms with E-state index in [1.165, 1.54) is 42.8 Å². The van der Waals surface area contributed by atoms with Crippen molar-refractivity contribution in [3.05, 3.63) is 29.8 Å². The Hall–Kier alpha value is -0.630. The third kappa shape index (κ3) is 2.37. The Kier molecular flexibility index (Phi) is 3.80. The number of hydrogen-bond donors (Lipinski definition) is 1. The van der Waals surface area contributed by atoms with E-state index >= 15 is 0 Å². The first-order valence-electron chi connectivity index (χ1n) is 6.21. The average Bonchev–Trinajstić information content (AvgIpc) is 2.76. The molecule has 2 N–H and O–H groups in total. The standard InChI is InChI=1S/C14H21NS/c1-2-16-11-14(8-3-4-9-14)12-6-5-7-13(15)10-12/h5-7,10H,2-4,8-9,11,15H2,1H3. The first-order chi connectivity index (χ1) is 7.77. The van der Waals surface area contributed by atoms with E-state index < -0.39 is 0 Å². The number of nitrogens with two attached hydrogens (primary N) is 1. The maximum atomic E-state index is 5.91. The molecular formula is C14H21NS. The Morgan fingerprint density at radius 2 is 2.06 bits per heavy atom. The Bertz CT molecular complexity index is 342. The Morgan fingerprint density at radius 1 is 1.31 bits per heavy atom. The van der Waals surface area contributed by atoms with Crippen LogP contribution in [0.1, 0.15) is 38.2 Å². The summed E-state index contributed by atoms with van der Waals surface area (Å²) in [6.07, 6.45) is 5.42. The molecule has 1 aliphatic rings. The highest BCUT2D eigenvalue weighted by Gasteiger charge is 2.35. The quantitative estimate of drug-likeness (QED) is 0.803. The molecular weight excluding hydrogens is 214 g/mol. The molecule has 2 heteroatoms. The highest BCUT2D eigenvalue weighted by atomic mass is 32.2. The molecule has 2 rings (SSSR count). The molecule has 0 unspecified atom stereocenters. The lowest BCUT2D eigenvalue weighted by atomic mass is 9.80. The fourth-order valence-electron chi connectivity index (χ4n) is 2.73. The lowest BCUT2D eigenvalue weighted by Gasteiger charge is -2.29. The van der Waals surface area contributed by atoms with E-state index in [-0.39, 0.29) is 0 Å². The number of hydrogen-bond acceptors (Lipinski definition) is 2.